The van der Waals surface area contributed by atoms with E-state index in [1.54, 1.807) is 4.90 Å². The number of pyridine rings is 1. The number of benzene rings is 1. The third-order valence-corrected chi connectivity index (χ3v) is 5.58. The Bertz CT molecular complexity index is 869. The molecular weight excluding hydrogens is 415 g/mol. The van der Waals surface area contributed by atoms with Crippen molar-refractivity contribution < 1.29 is 22.8 Å². The number of aryl methyl sites for hydroxylation is 1. The summed E-state index contributed by atoms with van der Waals surface area (Å²) in [6, 6.07) is 12.7. The lowest BCUT2D eigenvalue weighted by atomic mass is 10.1. The maximum atomic E-state index is 12.7. The summed E-state index contributed by atoms with van der Waals surface area (Å²) in [5.74, 6) is -0.459. The summed E-state index contributed by atoms with van der Waals surface area (Å²) in [5, 5.41) is -0.352. The van der Waals surface area contributed by atoms with Crippen LogP contribution in [0.5, 0.6) is 0 Å². The van der Waals surface area contributed by atoms with Gasteiger partial charge in [0.1, 0.15) is 5.03 Å². The minimum Gasteiger partial charge on any atom is -0.339 e. The molecule has 1 saturated heterocycles. The largest absolute Gasteiger partial charge is 0.447 e. The molecule has 0 spiro atoms. The molecule has 0 bridgehead atoms. The molecule has 2 amide bonds. The maximum absolute atomic E-state index is 12.7. The summed E-state index contributed by atoms with van der Waals surface area (Å²) in [4.78, 5) is 32.0. The molecule has 0 atom stereocenters. The van der Waals surface area contributed by atoms with Crippen LogP contribution in [0.3, 0.4) is 0 Å². The van der Waals surface area contributed by atoms with Crippen LogP contribution in [0.1, 0.15) is 28.8 Å². The van der Waals surface area contributed by atoms with Crippen LogP contribution in [0.15, 0.2) is 53.7 Å². The molecule has 0 radical (unpaired) electrons. The first-order valence-corrected chi connectivity index (χ1v) is 10.5. The van der Waals surface area contributed by atoms with E-state index >= 15 is 0 Å². The van der Waals surface area contributed by atoms with Crippen LogP contribution in [-0.2, 0) is 11.2 Å². The van der Waals surface area contributed by atoms with Gasteiger partial charge in [-0.2, -0.15) is 13.2 Å². The minimum atomic E-state index is -4.52. The molecule has 9 heteroatoms. The molecule has 0 saturated carbocycles. The zero-order valence-corrected chi connectivity index (χ0v) is 17.1. The summed E-state index contributed by atoms with van der Waals surface area (Å²) >= 11 is -0.391. The standard InChI is InChI=1S/C21H22F3N3O2S/c22-21(23,24)30-19-17(9-5-11-25-19)20(29)27-14-12-26(13-15-27)18(28)10-4-8-16-6-2-1-3-7-16/h1-3,5-7,9,11H,4,8,10,12-15H2. The van der Waals surface area contributed by atoms with E-state index in [0.717, 1.165) is 12.8 Å². The van der Waals surface area contributed by atoms with E-state index in [4.69, 9.17) is 0 Å². The lowest BCUT2D eigenvalue weighted by Gasteiger charge is -2.35. The van der Waals surface area contributed by atoms with Gasteiger partial charge in [0.15, 0.2) is 0 Å². The highest BCUT2D eigenvalue weighted by atomic mass is 32.2. The zero-order chi connectivity index (χ0) is 21.6. The summed E-state index contributed by atoms with van der Waals surface area (Å²) < 4.78 is 38.2. The summed E-state index contributed by atoms with van der Waals surface area (Å²) in [6.07, 6.45) is 3.23. The van der Waals surface area contributed by atoms with E-state index in [1.807, 2.05) is 30.3 Å². The molecule has 1 fully saturated rings. The number of rotatable bonds is 6. The molecule has 0 unspecified atom stereocenters. The van der Waals surface area contributed by atoms with Gasteiger partial charge in [-0.15, -0.1) is 0 Å². The van der Waals surface area contributed by atoms with E-state index in [2.05, 4.69) is 4.98 Å². The van der Waals surface area contributed by atoms with Crippen molar-refractivity contribution in [1.29, 1.82) is 0 Å². The predicted molar refractivity (Wildman–Crippen MR) is 108 cm³/mol. The Morgan fingerprint density at radius 3 is 2.30 bits per heavy atom. The highest BCUT2D eigenvalue weighted by molar-refractivity contribution is 8.00. The first kappa shape index (κ1) is 22.1. The average Bonchev–Trinajstić information content (AvgIpc) is 2.73. The fraction of sp³-hybridized carbons (Fsp3) is 0.381. The fourth-order valence-corrected chi connectivity index (χ4v) is 3.92. The highest BCUT2D eigenvalue weighted by Crippen LogP contribution is 2.37. The molecule has 30 heavy (non-hydrogen) atoms. The Hall–Kier alpha value is -2.55. The SMILES string of the molecule is O=C(CCCc1ccccc1)N1CCN(C(=O)c2cccnc2SC(F)(F)F)CC1. The van der Waals surface area contributed by atoms with Crippen molar-refractivity contribution in [3.8, 4) is 0 Å². The molecule has 3 rings (SSSR count). The van der Waals surface area contributed by atoms with Crippen LogP contribution < -0.4 is 0 Å². The van der Waals surface area contributed by atoms with Crippen molar-refractivity contribution in [2.75, 3.05) is 26.2 Å². The monoisotopic (exact) mass is 437 g/mol. The van der Waals surface area contributed by atoms with Gasteiger partial charge >= 0.3 is 5.51 Å². The molecule has 1 aromatic carbocycles. The van der Waals surface area contributed by atoms with Crippen molar-refractivity contribution in [2.24, 2.45) is 0 Å². The smallest absolute Gasteiger partial charge is 0.339 e. The van der Waals surface area contributed by atoms with Gasteiger partial charge < -0.3 is 9.80 Å². The Morgan fingerprint density at radius 2 is 1.63 bits per heavy atom. The van der Waals surface area contributed by atoms with Gasteiger partial charge in [0, 0.05) is 50.6 Å². The van der Waals surface area contributed by atoms with Gasteiger partial charge in [-0.25, -0.2) is 4.98 Å². The molecule has 0 aliphatic carbocycles. The van der Waals surface area contributed by atoms with Crippen LogP contribution in [-0.4, -0.2) is 58.3 Å². The first-order valence-electron chi connectivity index (χ1n) is 9.65. The van der Waals surface area contributed by atoms with Crippen LogP contribution in [0.4, 0.5) is 13.2 Å². The lowest BCUT2D eigenvalue weighted by Crippen LogP contribution is -2.50. The number of piperazine rings is 1. The number of halogens is 3. The van der Waals surface area contributed by atoms with Crippen LogP contribution >= 0.6 is 11.8 Å². The number of carbonyl (C=O) groups excluding carboxylic acids is 2. The number of thioether (sulfide) groups is 1. The Labute approximate surface area is 177 Å². The van der Waals surface area contributed by atoms with Gasteiger partial charge in [0.05, 0.1) is 5.56 Å². The van der Waals surface area contributed by atoms with Crippen LogP contribution in [0.2, 0.25) is 0 Å². The molecular formula is C21H22F3N3O2S. The predicted octanol–water partition coefficient (Wildman–Crippen LogP) is 4.00. The van der Waals surface area contributed by atoms with E-state index in [9.17, 15) is 22.8 Å². The number of alkyl halides is 3. The van der Waals surface area contributed by atoms with Crippen molar-refractivity contribution in [3.05, 3.63) is 59.8 Å². The lowest BCUT2D eigenvalue weighted by molar-refractivity contribution is -0.132. The van der Waals surface area contributed by atoms with E-state index in [1.165, 1.54) is 28.8 Å². The van der Waals surface area contributed by atoms with Crippen LogP contribution in [0.25, 0.3) is 0 Å². The van der Waals surface area contributed by atoms with Gasteiger partial charge in [0.25, 0.3) is 5.91 Å². The van der Waals surface area contributed by atoms with Gasteiger partial charge in [-0.05, 0) is 30.5 Å². The van der Waals surface area contributed by atoms with E-state index in [-0.39, 0.29) is 29.6 Å². The Morgan fingerprint density at radius 1 is 0.967 bits per heavy atom. The average molecular weight is 437 g/mol. The number of carbonyl (C=O) groups is 2. The molecule has 2 heterocycles. The summed E-state index contributed by atoms with van der Waals surface area (Å²) in [5.41, 5.74) is -3.40. The molecule has 5 nitrogen and oxygen atoms in total. The summed E-state index contributed by atoms with van der Waals surface area (Å²) in [7, 11) is 0. The molecule has 2 aromatic rings. The van der Waals surface area contributed by atoms with Gasteiger partial charge in [-0.1, -0.05) is 30.3 Å². The second kappa shape index (κ2) is 9.97. The Balaban J connectivity index is 1.50. The Kier molecular flexibility index (Phi) is 7.36. The van der Waals surface area contributed by atoms with Gasteiger partial charge in [-0.3, -0.25) is 9.59 Å². The first-order chi connectivity index (χ1) is 14.3. The van der Waals surface area contributed by atoms with Gasteiger partial charge in [0.2, 0.25) is 5.91 Å². The number of aromatic nitrogens is 1. The van der Waals surface area contributed by atoms with Crippen molar-refractivity contribution >= 4 is 23.6 Å². The second-order valence-corrected chi connectivity index (χ2v) is 7.97. The fourth-order valence-electron chi connectivity index (χ4n) is 3.32. The van der Waals surface area contributed by atoms with E-state index < -0.39 is 23.2 Å². The van der Waals surface area contributed by atoms with Crippen molar-refractivity contribution in [3.63, 3.8) is 0 Å². The number of hydrogen-bond acceptors (Lipinski definition) is 4. The topological polar surface area (TPSA) is 53.5 Å². The number of amides is 2. The quantitative estimate of drug-likeness (QED) is 0.641. The molecule has 1 aliphatic heterocycles. The summed E-state index contributed by atoms with van der Waals surface area (Å²) in [6.45, 7) is 1.32. The molecule has 160 valence electrons. The highest BCUT2D eigenvalue weighted by Gasteiger charge is 2.33. The maximum Gasteiger partial charge on any atom is 0.447 e. The third kappa shape index (κ3) is 6.22. The third-order valence-electron chi connectivity index (χ3n) is 4.83. The van der Waals surface area contributed by atoms with Crippen molar-refractivity contribution in [2.45, 2.75) is 29.8 Å². The van der Waals surface area contributed by atoms with Crippen LogP contribution in [0, 0.1) is 0 Å². The zero-order valence-electron chi connectivity index (χ0n) is 16.3. The van der Waals surface area contributed by atoms with Crippen molar-refractivity contribution in [1.82, 2.24) is 14.8 Å². The van der Waals surface area contributed by atoms with E-state index in [0.29, 0.717) is 19.5 Å². The second-order valence-electron chi connectivity index (χ2n) is 6.92. The minimum absolute atomic E-state index is 0.0349. The molecule has 1 aromatic heterocycles. The normalized spacial score (nSPS) is 14.6. The number of nitrogens with zero attached hydrogens (tertiary/aromatic N) is 3. The molecule has 0 N–H and O–H groups in total. The number of hydrogen-bond donors (Lipinski definition) is 0. The molecule has 1 aliphatic rings.